The molecule has 1 amide bonds. The Morgan fingerprint density at radius 2 is 1.81 bits per heavy atom. The van der Waals surface area contributed by atoms with Crippen LogP contribution in [-0.2, 0) is 16.6 Å². The molecule has 31 heavy (non-hydrogen) atoms. The summed E-state index contributed by atoms with van der Waals surface area (Å²) >= 11 is 2.93. The maximum atomic E-state index is 12.8. The first-order valence-electron chi connectivity index (χ1n) is 10.1. The van der Waals surface area contributed by atoms with Crippen LogP contribution in [0.5, 0.6) is 0 Å². The summed E-state index contributed by atoms with van der Waals surface area (Å²) in [6, 6.07) is 18.9. The zero-order valence-corrected chi connectivity index (χ0v) is 19.7. The average Bonchev–Trinajstić information content (AvgIpc) is 3.51. The quantitative estimate of drug-likeness (QED) is 0.499. The number of rotatable bonds is 7. The number of nitrogens with one attached hydrogen (secondary N) is 1. The predicted molar refractivity (Wildman–Crippen MR) is 127 cm³/mol. The molecule has 0 spiro atoms. The van der Waals surface area contributed by atoms with E-state index in [1.807, 2.05) is 54.8 Å². The lowest BCUT2D eigenvalue weighted by atomic mass is 10.1. The Balaban J connectivity index is 1.46. The highest BCUT2D eigenvalue weighted by molar-refractivity contribution is 7.98. The van der Waals surface area contributed by atoms with Gasteiger partial charge in [-0.15, -0.1) is 23.1 Å². The number of thioether (sulfide) groups is 1. The van der Waals surface area contributed by atoms with Crippen molar-refractivity contribution in [1.82, 2.24) is 9.62 Å². The summed E-state index contributed by atoms with van der Waals surface area (Å²) in [6.07, 6.45) is 3.86. The summed E-state index contributed by atoms with van der Waals surface area (Å²) in [4.78, 5) is 14.7. The molecule has 1 aliphatic rings. The predicted octanol–water partition coefficient (Wildman–Crippen LogP) is 4.85. The number of hydrogen-bond acceptors (Lipinski definition) is 5. The van der Waals surface area contributed by atoms with E-state index in [-0.39, 0.29) is 5.91 Å². The number of hydrogen-bond donors (Lipinski definition) is 1. The van der Waals surface area contributed by atoms with Crippen LogP contribution < -0.4 is 5.32 Å². The van der Waals surface area contributed by atoms with Gasteiger partial charge in [-0.25, -0.2) is 8.42 Å². The van der Waals surface area contributed by atoms with Gasteiger partial charge in [0.1, 0.15) is 4.21 Å². The Hall–Kier alpha value is -2.13. The largest absolute Gasteiger partial charge is 0.348 e. The topological polar surface area (TPSA) is 66.5 Å². The molecular formula is C23H24N2O3S3. The lowest BCUT2D eigenvalue weighted by Gasteiger charge is -2.13. The zero-order chi connectivity index (χ0) is 21.8. The summed E-state index contributed by atoms with van der Waals surface area (Å²) in [5, 5.41) is 2.95. The second-order valence-corrected chi connectivity index (χ2v) is 11.5. The van der Waals surface area contributed by atoms with E-state index in [0.717, 1.165) is 28.8 Å². The summed E-state index contributed by atoms with van der Waals surface area (Å²) < 4.78 is 27.5. The molecular weight excluding hydrogens is 448 g/mol. The van der Waals surface area contributed by atoms with E-state index in [4.69, 9.17) is 0 Å². The minimum absolute atomic E-state index is 0.155. The maximum Gasteiger partial charge on any atom is 0.252 e. The van der Waals surface area contributed by atoms with Crippen molar-refractivity contribution in [3.63, 3.8) is 0 Å². The number of carbonyl (C=O) groups excluding carboxylic acids is 1. The first-order valence-corrected chi connectivity index (χ1v) is 13.6. The van der Waals surface area contributed by atoms with E-state index in [1.165, 1.54) is 16.2 Å². The van der Waals surface area contributed by atoms with Gasteiger partial charge in [-0.1, -0.05) is 24.3 Å². The van der Waals surface area contributed by atoms with Gasteiger partial charge in [-0.3, -0.25) is 4.79 Å². The van der Waals surface area contributed by atoms with E-state index in [2.05, 4.69) is 5.32 Å². The minimum atomic E-state index is -3.43. The molecule has 0 saturated carbocycles. The van der Waals surface area contributed by atoms with Crippen LogP contribution in [0.4, 0.5) is 0 Å². The third kappa shape index (κ3) is 5.03. The van der Waals surface area contributed by atoms with Crippen molar-refractivity contribution < 1.29 is 13.2 Å². The summed E-state index contributed by atoms with van der Waals surface area (Å²) in [5.74, 6) is -0.155. The zero-order valence-electron chi connectivity index (χ0n) is 17.2. The van der Waals surface area contributed by atoms with E-state index in [1.54, 1.807) is 28.2 Å². The van der Waals surface area contributed by atoms with Gasteiger partial charge in [0.25, 0.3) is 15.9 Å². The highest BCUT2D eigenvalue weighted by Crippen LogP contribution is 2.33. The first-order chi connectivity index (χ1) is 15.0. The van der Waals surface area contributed by atoms with Crippen LogP contribution in [0.2, 0.25) is 0 Å². The van der Waals surface area contributed by atoms with Crippen molar-refractivity contribution in [3.05, 3.63) is 71.8 Å². The van der Waals surface area contributed by atoms with Crippen LogP contribution in [0.15, 0.2) is 69.8 Å². The van der Waals surface area contributed by atoms with Crippen molar-refractivity contribution in [2.24, 2.45) is 0 Å². The summed E-state index contributed by atoms with van der Waals surface area (Å²) in [7, 11) is -3.43. The fraction of sp³-hybridized carbons (Fsp3) is 0.261. The van der Waals surface area contributed by atoms with Gasteiger partial charge < -0.3 is 5.32 Å². The van der Waals surface area contributed by atoms with Gasteiger partial charge in [0, 0.05) is 35.0 Å². The second-order valence-electron chi connectivity index (χ2n) is 7.34. The molecule has 0 unspecified atom stereocenters. The van der Waals surface area contributed by atoms with E-state index >= 15 is 0 Å². The third-order valence-electron chi connectivity index (χ3n) is 5.26. The molecule has 5 nitrogen and oxygen atoms in total. The SMILES string of the molecule is CSc1ccc(CNC(=O)c2cccc(-c3ccc(S(=O)(=O)N4CCCC4)s3)c2)cc1. The molecule has 3 aromatic rings. The van der Waals surface area contributed by atoms with Crippen LogP contribution in [-0.4, -0.2) is 38.0 Å². The van der Waals surface area contributed by atoms with Crippen molar-refractivity contribution in [2.45, 2.75) is 28.5 Å². The van der Waals surface area contributed by atoms with Crippen LogP contribution in [0.25, 0.3) is 10.4 Å². The summed E-state index contributed by atoms with van der Waals surface area (Å²) in [5.41, 5.74) is 2.43. The smallest absolute Gasteiger partial charge is 0.252 e. The molecule has 1 aromatic heterocycles. The molecule has 162 valence electrons. The molecule has 0 radical (unpaired) electrons. The maximum absolute atomic E-state index is 12.8. The Bertz CT molecular complexity index is 1160. The number of nitrogens with zero attached hydrogens (tertiary/aromatic N) is 1. The van der Waals surface area contributed by atoms with E-state index in [0.29, 0.717) is 29.4 Å². The monoisotopic (exact) mass is 472 g/mol. The average molecular weight is 473 g/mol. The molecule has 1 fully saturated rings. The molecule has 4 rings (SSSR count). The molecule has 0 aliphatic carbocycles. The molecule has 0 bridgehead atoms. The van der Waals surface area contributed by atoms with Gasteiger partial charge in [-0.2, -0.15) is 4.31 Å². The lowest BCUT2D eigenvalue weighted by Crippen LogP contribution is -2.27. The van der Waals surface area contributed by atoms with Gasteiger partial charge in [0.05, 0.1) is 0 Å². The van der Waals surface area contributed by atoms with Crippen molar-refractivity contribution >= 4 is 39.0 Å². The third-order valence-corrected chi connectivity index (χ3v) is 9.51. The molecule has 8 heteroatoms. The number of sulfonamides is 1. The number of amides is 1. The van der Waals surface area contributed by atoms with Gasteiger partial charge in [0.2, 0.25) is 0 Å². The van der Waals surface area contributed by atoms with Crippen molar-refractivity contribution in [3.8, 4) is 10.4 Å². The minimum Gasteiger partial charge on any atom is -0.348 e. The van der Waals surface area contributed by atoms with Gasteiger partial charge in [-0.05, 0) is 66.6 Å². The Labute approximate surface area is 191 Å². The molecule has 1 saturated heterocycles. The number of carbonyl (C=O) groups is 1. The van der Waals surface area contributed by atoms with Crippen LogP contribution >= 0.6 is 23.1 Å². The van der Waals surface area contributed by atoms with Crippen LogP contribution in [0.3, 0.4) is 0 Å². The second kappa shape index (κ2) is 9.56. The fourth-order valence-corrected chi connectivity index (χ4v) is 6.89. The van der Waals surface area contributed by atoms with Crippen LogP contribution in [0, 0.1) is 0 Å². The molecule has 2 heterocycles. The van der Waals surface area contributed by atoms with Gasteiger partial charge in [0.15, 0.2) is 0 Å². The lowest BCUT2D eigenvalue weighted by molar-refractivity contribution is 0.0951. The first kappa shape index (κ1) is 22.1. The van der Waals surface area contributed by atoms with Gasteiger partial charge >= 0.3 is 0 Å². The summed E-state index contributed by atoms with van der Waals surface area (Å²) in [6.45, 7) is 1.63. The molecule has 0 atom stereocenters. The molecule has 1 N–H and O–H groups in total. The fourth-order valence-electron chi connectivity index (χ4n) is 3.51. The Kier molecular flexibility index (Phi) is 6.81. The normalized spacial score (nSPS) is 14.6. The van der Waals surface area contributed by atoms with E-state index < -0.39 is 10.0 Å². The number of thiophene rings is 1. The van der Waals surface area contributed by atoms with Crippen LogP contribution in [0.1, 0.15) is 28.8 Å². The number of benzene rings is 2. The van der Waals surface area contributed by atoms with Crippen molar-refractivity contribution in [1.29, 1.82) is 0 Å². The molecule has 1 aliphatic heterocycles. The highest BCUT2D eigenvalue weighted by Gasteiger charge is 2.28. The highest BCUT2D eigenvalue weighted by atomic mass is 32.2. The molecule has 2 aromatic carbocycles. The standard InChI is InChI=1S/C23H24N2O3S3/c1-29-20-9-7-17(8-10-20)16-24-23(26)19-6-4-5-18(15-19)21-11-12-22(30-21)31(27,28)25-13-2-3-14-25/h4-12,15H,2-3,13-14,16H2,1H3,(H,24,26). The Morgan fingerprint density at radius 3 is 2.52 bits per heavy atom. The van der Waals surface area contributed by atoms with E-state index in [9.17, 15) is 13.2 Å². The van der Waals surface area contributed by atoms with Crippen molar-refractivity contribution in [2.75, 3.05) is 19.3 Å². The Morgan fingerprint density at radius 1 is 1.06 bits per heavy atom.